The van der Waals surface area contributed by atoms with Gasteiger partial charge in [-0.1, -0.05) is 37.3 Å². The molecule has 2 aromatic heterocycles. The molecular weight excluding hydrogens is 338 g/mol. The van der Waals surface area contributed by atoms with Crippen LogP contribution in [0, 0.1) is 0 Å². The maximum absolute atomic E-state index is 12.6. The lowest BCUT2D eigenvalue weighted by molar-refractivity contribution is -0.125. The van der Waals surface area contributed by atoms with Crippen molar-refractivity contribution in [2.75, 3.05) is 7.05 Å². The molecule has 0 aliphatic heterocycles. The second kappa shape index (κ2) is 7.11. The molecule has 0 aliphatic rings. The molecule has 0 saturated heterocycles. The van der Waals surface area contributed by atoms with E-state index >= 15 is 0 Å². The molecule has 0 radical (unpaired) electrons. The van der Waals surface area contributed by atoms with Crippen LogP contribution in [0.5, 0.6) is 0 Å². The van der Waals surface area contributed by atoms with Gasteiger partial charge in [-0.15, -0.1) is 0 Å². The Kier molecular flexibility index (Phi) is 4.50. The largest absolute Gasteiger partial charge is 0.460 e. The van der Waals surface area contributed by atoms with Crippen LogP contribution in [0.25, 0.3) is 28.1 Å². The number of carbonyl (C=O) groups excluding carboxylic acids is 1. The number of likely N-dealkylation sites (N-methyl/N-ethyl adjacent to an activating group) is 1. The van der Waals surface area contributed by atoms with Crippen LogP contribution in [0.4, 0.5) is 0 Å². The van der Waals surface area contributed by atoms with Gasteiger partial charge in [0.05, 0.1) is 17.6 Å². The van der Waals surface area contributed by atoms with Gasteiger partial charge in [-0.3, -0.25) is 4.79 Å². The summed E-state index contributed by atoms with van der Waals surface area (Å²) in [7, 11) is 1.77. The standard InChI is InChI=1S/C22H21N3O2/c1-3-19-16(15-8-4-7-11-20(15)27-19)12-13-22(26)25(2)14-21-23-17-9-5-6-10-18(17)24-21/h4-13H,3,14H2,1-2H3,(H,23,24)/b13-12+. The number of aromatic nitrogens is 2. The Hall–Kier alpha value is -3.34. The molecule has 27 heavy (non-hydrogen) atoms. The highest BCUT2D eigenvalue weighted by Crippen LogP contribution is 2.27. The molecule has 0 unspecified atom stereocenters. The van der Waals surface area contributed by atoms with Crippen molar-refractivity contribution < 1.29 is 9.21 Å². The van der Waals surface area contributed by atoms with Crippen LogP contribution in [0.3, 0.4) is 0 Å². The number of H-pyrrole nitrogens is 1. The van der Waals surface area contributed by atoms with Gasteiger partial charge in [-0.2, -0.15) is 0 Å². The molecule has 1 N–H and O–H groups in total. The molecule has 0 bridgehead atoms. The first-order valence-electron chi connectivity index (χ1n) is 9.03. The lowest BCUT2D eigenvalue weighted by Gasteiger charge is -2.13. The molecular formula is C22H21N3O2. The van der Waals surface area contributed by atoms with E-state index in [9.17, 15) is 4.79 Å². The highest BCUT2D eigenvalue weighted by molar-refractivity contribution is 5.96. The molecule has 5 heteroatoms. The monoisotopic (exact) mass is 359 g/mol. The van der Waals surface area contributed by atoms with Gasteiger partial charge in [0.25, 0.3) is 0 Å². The summed E-state index contributed by atoms with van der Waals surface area (Å²) in [5.74, 6) is 1.58. The fourth-order valence-electron chi connectivity index (χ4n) is 3.23. The SMILES string of the molecule is CCc1oc2ccccc2c1/C=C/C(=O)N(C)Cc1nc2ccccc2[nH]1. The second-order valence-electron chi connectivity index (χ2n) is 6.52. The van der Waals surface area contributed by atoms with Crippen LogP contribution in [0.15, 0.2) is 59.0 Å². The van der Waals surface area contributed by atoms with Crippen molar-refractivity contribution in [1.82, 2.24) is 14.9 Å². The average molecular weight is 359 g/mol. The number of hydrogen-bond acceptors (Lipinski definition) is 3. The summed E-state index contributed by atoms with van der Waals surface area (Å²) in [6.07, 6.45) is 4.22. The normalized spacial score (nSPS) is 11.6. The predicted molar refractivity (Wildman–Crippen MR) is 107 cm³/mol. The van der Waals surface area contributed by atoms with Gasteiger partial charge in [0.2, 0.25) is 5.91 Å². The molecule has 4 aromatic rings. The summed E-state index contributed by atoms with van der Waals surface area (Å²) in [6.45, 7) is 2.47. The third-order valence-electron chi connectivity index (χ3n) is 4.63. The first kappa shape index (κ1) is 17.1. The zero-order valence-corrected chi connectivity index (χ0v) is 15.4. The first-order chi connectivity index (χ1) is 13.2. The minimum Gasteiger partial charge on any atom is -0.460 e. The third-order valence-corrected chi connectivity index (χ3v) is 4.63. The molecule has 0 atom stereocenters. The highest BCUT2D eigenvalue weighted by Gasteiger charge is 2.12. The number of fused-ring (bicyclic) bond motifs is 2. The predicted octanol–water partition coefficient (Wildman–Crippen LogP) is 4.54. The van der Waals surface area contributed by atoms with E-state index in [0.29, 0.717) is 6.54 Å². The smallest absolute Gasteiger partial charge is 0.246 e. The number of benzene rings is 2. The van der Waals surface area contributed by atoms with Crippen molar-refractivity contribution in [3.63, 3.8) is 0 Å². The number of furan rings is 1. The topological polar surface area (TPSA) is 62.1 Å². The quantitative estimate of drug-likeness (QED) is 0.532. The third kappa shape index (κ3) is 3.36. The van der Waals surface area contributed by atoms with Crippen molar-refractivity contribution in [3.05, 3.63) is 71.8 Å². The van der Waals surface area contributed by atoms with Crippen LogP contribution in [-0.2, 0) is 17.8 Å². The molecule has 4 rings (SSSR count). The fraction of sp³-hybridized carbons (Fsp3) is 0.182. The Morgan fingerprint density at radius 1 is 1.19 bits per heavy atom. The van der Waals surface area contributed by atoms with Gasteiger partial charge in [-0.05, 0) is 24.3 Å². The van der Waals surface area contributed by atoms with E-state index < -0.39 is 0 Å². The summed E-state index contributed by atoms with van der Waals surface area (Å²) < 4.78 is 5.88. The Balaban J connectivity index is 1.53. The number of para-hydroxylation sites is 3. The summed E-state index contributed by atoms with van der Waals surface area (Å²) in [6, 6.07) is 15.7. The van der Waals surface area contributed by atoms with Crippen LogP contribution in [0.1, 0.15) is 24.1 Å². The van der Waals surface area contributed by atoms with Crippen molar-refractivity contribution in [3.8, 4) is 0 Å². The Morgan fingerprint density at radius 3 is 2.78 bits per heavy atom. The van der Waals surface area contributed by atoms with E-state index in [1.165, 1.54) is 0 Å². The number of amides is 1. The van der Waals surface area contributed by atoms with Gasteiger partial charge in [0.1, 0.15) is 17.2 Å². The van der Waals surface area contributed by atoms with Crippen LogP contribution >= 0.6 is 0 Å². The number of aryl methyl sites for hydroxylation is 1. The number of nitrogens with one attached hydrogen (secondary N) is 1. The van der Waals surface area contributed by atoms with Gasteiger partial charge in [0.15, 0.2) is 0 Å². The number of carbonyl (C=O) groups is 1. The lowest BCUT2D eigenvalue weighted by Crippen LogP contribution is -2.24. The molecule has 2 heterocycles. The number of nitrogens with zero attached hydrogens (tertiary/aromatic N) is 2. The van der Waals surface area contributed by atoms with Crippen LogP contribution < -0.4 is 0 Å². The average Bonchev–Trinajstić information content (AvgIpc) is 3.26. The maximum atomic E-state index is 12.6. The fourth-order valence-corrected chi connectivity index (χ4v) is 3.23. The van der Waals surface area contributed by atoms with Crippen molar-refractivity contribution in [2.45, 2.75) is 19.9 Å². The number of aromatic amines is 1. The van der Waals surface area contributed by atoms with E-state index in [1.54, 1.807) is 18.0 Å². The summed E-state index contributed by atoms with van der Waals surface area (Å²) in [5, 5.41) is 1.03. The molecule has 2 aromatic carbocycles. The van der Waals surface area contributed by atoms with E-state index in [1.807, 2.05) is 61.5 Å². The summed E-state index contributed by atoms with van der Waals surface area (Å²) >= 11 is 0. The number of rotatable bonds is 5. The van der Waals surface area contributed by atoms with E-state index in [4.69, 9.17) is 4.42 Å². The molecule has 0 fully saturated rings. The Morgan fingerprint density at radius 2 is 1.96 bits per heavy atom. The molecule has 0 saturated carbocycles. The molecule has 5 nitrogen and oxygen atoms in total. The number of imidazole rings is 1. The van der Waals surface area contributed by atoms with Crippen molar-refractivity contribution in [2.24, 2.45) is 0 Å². The Labute approximate surface area is 157 Å². The van der Waals surface area contributed by atoms with Gasteiger partial charge in [0, 0.05) is 30.5 Å². The van der Waals surface area contributed by atoms with E-state index in [0.717, 1.165) is 45.6 Å². The number of hydrogen-bond donors (Lipinski definition) is 1. The molecule has 0 aliphatic carbocycles. The van der Waals surface area contributed by atoms with Crippen molar-refractivity contribution >= 4 is 34.0 Å². The maximum Gasteiger partial charge on any atom is 0.246 e. The van der Waals surface area contributed by atoms with Crippen LogP contribution in [-0.4, -0.2) is 27.8 Å². The van der Waals surface area contributed by atoms with Gasteiger partial charge >= 0.3 is 0 Å². The highest BCUT2D eigenvalue weighted by atomic mass is 16.3. The molecule has 136 valence electrons. The molecule has 0 spiro atoms. The minimum absolute atomic E-state index is 0.0807. The van der Waals surface area contributed by atoms with Gasteiger partial charge < -0.3 is 14.3 Å². The van der Waals surface area contributed by atoms with Crippen molar-refractivity contribution in [1.29, 1.82) is 0 Å². The van der Waals surface area contributed by atoms with Gasteiger partial charge in [-0.25, -0.2) is 4.98 Å². The summed E-state index contributed by atoms with van der Waals surface area (Å²) in [4.78, 5) is 22.0. The second-order valence-corrected chi connectivity index (χ2v) is 6.52. The Bertz CT molecular complexity index is 1100. The van der Waals surface area contributed by atoms with E-state index in [-0.39, 0.29) is 5.91 Å². The zero-order chi connectivity index (χ0) is 18.8. The molecule has 1 amide bonds. The summed E-state index contributed by atoms with van der Waals surface area (Å²) in [5.41, 5.74) is 3.69. The zero-order valence-electron chi connectivity index (χ0n) is 15.4. The van der Waals surface area contributed by atoms with E-state index in [2.05, 4.69) is 9.97 Å². The lowest BCUT2D eigenvalue weighted by atomic mass is 10.1. The van der Waals surface area contributed by atoms with Crippen LogP contribution in [0.2, 0.25) is 0 Å². The first-order valence-corrected chi connectivity index (χ1v) is 9.03. The minimum atomic E-state index is -0.0807.